The van der Waals surface area contributed by atoms with Crippen molar-refractivity contribution in [3.63, 3.8) is 0 Å². The van der Waals surface area contributed by atoms with Gasteiger partial charge in [-0.05, 0) is 36.4 Å². The molecular weight excluding hydrogens is 386 g/mol. The second-order valence-electron chi connectivity index (χ2n) is 6.41. The van der Waals surface area contributed by atoms with Gasteiger partial charge in [0.15, 0.2) is 0 Å². The van der Waals surface area contributed by atoms with Crippen molar-refractivity contribution in [1.82, 2.24) is 4.31 Å². The number of hydrogen-bond donors (Lipinski definition) is 0. The van der Waals surface area contributed by atoms with Crippen molar-refractivity contribution in [2.24, 2.45) is 0 Å². The Balaban J connectivity index is 1.50. The number of benzene rings is 1. The molecule has 0 saturated carbocycles. The molecule has 3 heterocycles. The Bertz CT molecular complexity index is 1030. The number of fused-ring (bicyclic) bond motifs is 1. The van der Waals surface area contributed by atoms with E-state index in [1.165, 1.54) is 10.4 Å². The van der Waals surface area contributed by atoms with Gasteiger partial charge in [-0.3, -0.25) is 0 Å². The average Bonchev–Trinajstić information content (AvgIpc) is 3.34. The second kappa shape index (κ2) is 7.46. The standard InChI is InChI=1S/C19H19NO5S2/c21-19(24-13-15-12-14-6-2-3-7-16(14)25-15)18-17(8-11-26-18)27(22,23)20-9-4-1-5-10-20/h2-3,6-8,11-12H,1,4-5,9-10,13H2. The smallest absolute Gasteiger partial charge is 0.350 e. The zero-order chi connectivity index (χ0) is 18.9. The molecule has 1 aromatic carbocycles. The van der Waals surface area contributed by atoms with Crippen LogP contribution in [0.15, 0.2) is 51.1 Å². The Hall–Kier alpha value is -2.16. The number of nitrogens with zero attached hydrogens (tertiary/aromatic N) is 1. The van der Waals surface area contributed by atoms with E-state index in [-0.39, 0.29) is 16.4 Å². The molecule has 0 bridgehead atoms. The van der Waals surface area contributed by atoms with Crippen molar-refractivity contribution in [1.29, 1.82) is 0 Å². The molecule has 0 N–H and O–H groups in total. The third kappa shape index (κ3) is 3.65. The summed E-state index contributed by atoms with van der Waals surface area (Å²) in [6.45, 7) is 0.936. The van der Waals surface area contributed by atoms with Gasteiger partial charge in [-0.2, -0.15) is 4.31 Å². The molecule has 142 valence electrons. The third-order valence-electron chi connectivity index (χ3n) is 4.57. The lowest BCUT2D eigenvalue weighted by atomic mass is 10.2. The summed E-state index contributed by atoms with van der Waals surface area (Å²) in [4.78, 5) is 12.6. The molecule has 8 heteroatoms. The Kier molecular flexibility index (Phi) is 5.03. The van der Waals surface area contributed by atoms with Gasteiger partial charge >= 0.3 is 5.97 Å². The van der Waals surface area contributed by atoms with Crippen LogP contribution in [0, 0.1) is 0 Å². The summed E-state index contributed by atoms with van der Waals surface area (Å²) in [5.74, 6) is -0.136. The number of esters is 1. The van der Waals surface area contributed by atoms with Crippen LogP contribution in [0.1, 0.15) is 34.7 Å². The Morgan fingerprint density at radius 1 is 1.15 bits per heavy atom. The monoisotopic (exact) mass is 405 g/mol. The van der Waals surface area contributed by atoms with Crippen molar-refractivity contribution in [2.45, 2.75) is 30.8 Å². The van der Waals surface area contributed by atoms with E-state index in [9.17, 15) is 13.2 Å². The highest BCUT2D eigenvalue weighted by molar-refractivity contribution is 7.89. The molecule has 0 aliphatic carbocycles. The van der Waals surface area contributed by atoms with Crippen molar-refractivity contribution in [2.75, 3.05) is 13.1 Å². The highest BCUT2D eigenvalue weighted by Crippen LogP contribution is 2.28. The summed E-state index contributed by atoms with van der Waals surface area (Å²) in [5, 5.41) is 2.53. The normalized spacial score (nSPS) is 15.9. The zero-order valence-electron chi connectivity index (χ0n) is 14.6. The fourth-order valence-corrected chi connectivity index (χ4v) is 6.00. The number of carbonyl (C=O) groups is 1. The first-order chi connectivity index (χ1) is 13.1. The molecule has 0 radical (unpaired) electrons. The molecule has 2 aromatic heterocycles. The van der Waals surface area contributed by atoms with E-state index in [0.29, 0.717) is 24.4 Å². The maximum atomic E-state index is 12.9. The predicted molar refractivity (Wildman–Crippen MR) is 102 cm³/mol. The molecule has 0 spiro atoms. The number of hydrogen-bond acceptors (Lipinski definition) is 6. The Morgan fingerprint density at radius 3 is 2.70 bits per heavy atom. The molecule has 0 amide bonds. The number of carbonyl (C=O) groups excluding carboxylic acids is 1. The lowest BCUT2D eigenvalue weighted by Crippen LogP contribution is -2.36. The lowest BCUT2D eigenvalue weighted by molar-refractivity contribution is 0.0449. The molecule has 3 aromatic rings. The molecule has 0 atom stereocenters. The maximum absolute atomic E-state index is 12.9. The van der Waals surface area contributed by atoms with Crippen LogP contribution < -0.4 is 0 Å². The minimum Gasteiger partial charge on any atom is -0.457 e. The van der Waals surface area contributed by atoms with Crippen LogP contribution >= 0.6 is 11.3 Å². The molecule has 27 heavy (non-hydrogen) atoms. The van der Waals surface area contributed by atoms with Gasteiger partial charge in [0.1, 0.15) is 27.7 Å². The third-order valence-corrected chi connectivity index (χ3v) is 7.53. The topological polar surface area (TPSA) is 76.8 Å². The van der Waals surface area contributed by atoms with Gasteiger partial charge in [-0.25, -0.2) is 13.2 Å². The SMILES string of the molecule is O=C(OCc1cc2ccccc2o1)c1sccc1S(=O)(=O)N1CCCCC1. The van der Waals surface area contributed by atoms with Crippen molar-refractivity contribution >= 4 is 38.3 Å². The quantitative estimate of drug-likeness (QED) is 0.599. The van der Waals surface area contributed by atoms with Gasteiger partial charge < -0.3 is 9.15 Å². The number of rotatable bonds is 5. The van der Waals surface area contributed by atoms with Gasteiger partial charge in [0, 0.05) is 18.5 Å². The van der Waals surface area contributed by atoms with E-state index in [2.05, 4.69) is 0 Å². The number of piperidine rings is 1. The molecule has 1 saturated heterocycles. The van der Waals surface area contributed by atoms with Gasteiger partial charge in [0.05, 0.1) is 0 Å². The molecule has 6 nitrogen and oxygen atoms in total. The molecule has 4 rings (SSSR count). The maximum Gasteiger partial charge on any atom is 0.350 e. The summed E-state index contributed by atoms with van der Waals surface area (Å²) in [7, 11) is -3.68. The van der Waals surface area contributed by atoms with Gasteiger partial charge in [-0.1, -0.05) is 24.6 Å². The number of ether oxygens (including phenoxy) is 1. The molecule has 1 aliphatic heterocycles. The largest absolute Gasteiger partial charge is 0.457 e. The van der Waals surface area contributed by atoms with Crippen molar-refractivity contribution < 1.29 is 22.4 Å². The number of furan rings is 1. The Labute approximate surface area is 161 Å². The first-order valence-corrected chi connectivity index (χ1v) is 11.1. The summed E-state index contributed by atoms with van der Waals surface area (Å²) in [5.41, 5.74) is 0.716. The van der Waals surface area contributed by atoms with Crippen LogP contribution in [0.4, 0.5) is 0 Å². The second-order valence-corrected chi connectivity index (χ2v) is 9.23. The number of para-hydroxylation sites is 1. The minimum atomic E-state index is -3.68. The van der Waals surface area contributed by atoms with E-state index in [0.717, 1.165) is 36.0 Å². The average molecular weight is 405 g/mol. The first kappa shape index (κ1) is 18.2. The molecular formula is C19H19NO5S2. The minimum absolute atomic E-state index is 0.0315. The van der Waals surface area contributed by atoms with Crippen molar-refractivity contribution in [3.05, 3.63) is 52.4 Å². The van der Waals surface area contributed by atoms with Gasteiger partial charge in [-0.15, -0.1) is 11.3 Å². The zero-order valence-corrected chi connectivity index (χ0v) is 16.2. The van der Waals surface area contributed by atoms with Crippen LogP contribution in [0.25, 0.3) is 11.0 Å². The highest BCUT2D eigenvalue weighted by atomic mass is 32.2. The van der Waals surface area contributed by atoms with Gasteiger partial charge in [0.2, 0.25) is 10.0 Å². The molecule has 0 unspecified atom stereocenters. The predicted octanol–water partition coefficient (Wildman–Crippen LogP) is 4.03. The number of sulfonamides is 1. The first-order valence-electron chi connectivity index (χ1n) is 8.78. The summed E-state index contributed by atoms with van der Waals surface area (Å²) in [6.07, 6.45) is 2.71. The summed E-state index contributed by atoms with van der Waals surface area (Å²) < 4.78 is 38.1. The summed E-state index contributed by atoms with van der Waals surface area (Å²) in [6, 6.07) is 10.8. The van der Waals surface area contributed by atoms with Crippen LogP contribution in [0.2, 0.25) is 0 Å². The van der Waals surface area contributed by atoms with E-state index in [1.807, 2.05) is 30.3 Å². The van der Waals surface area contributed by atoms with E-state index >= 15 is 0 Å². The van der Waals surface area contributed by atoms with Crippen LogP contribution in [-0.2, 0) is 21.4 Å². The highest BCUT2D eigenvalue weighted by Gasteiger charge is 2.31. The fourth-order valence-electron chi connectivity index (χ4n) is 3.20. The number of thiophene rings is 1. The van der Waals surface area contributed by atoms with E-state index in [1.54, 1.807) is 5.38 Å². The molecule has 1 aliphatic rings. The Morgan fingerprint density at radius 2 is 1.93 bits per heavy atom. The van der Waals surface area contributed by atoms with Gasteiger partial charge in [0.25, 0.3) is 0 Å². The summed E-state index contributed by atoms with van der Waals surface area (Å²) >= 11 is 1.08. The fraction of sp³-hybridized carbons (Fsp3) is 0.316. The lowest BCUT2D eigenvalue weighted by Gasteiger charge is -2.25. The van der Waals surface area contributed by atoms with Crippen LogP contribution in [-0.4, -0.2) is 31.8 Å². The van der Waals surface area contributed by atoms with Crippen LogP contribution in [0.3, 0.4) is 0 Å². The molecule has 1 fully saturated rings. The van der Waals surface area contributed by atoms with E-state index < -0.39 is 16.0 Å². The van der Waals surface area contributed by atoms with Crippen LogP contribution in [0.5, 0.6) is 0 Å². The van der Waals surface area contributed by atoms with Crippen molar-refractivity contribution in [3.8, 4) is 0 Å². The van der Waals surface area contributed by atoms with E-state index in [4.69, 9.17) is 9.15 Å².